The molecule has 0 saturated heterocycles. The van der Waals surface area contributed by atoms with E-state index in [1.165, 1.54) is 4.88 Å². The quantitative estimate of drug-likeness (QED) is 0.795. The van der Waals surface area contributed by atoms with Crippen molar-refractivity contribution in [1.82, 2.24) is 0 Å². The van der Waals surface area contributed by atoms with Crippen molar-refractivity contribution in [3.8, 4) is 0 Å². The highest BCUT2D eigenvalue weighted by atomic mass is 32.1. The lowest BCUT2D eigenvalue weighted by Crippen LogP contribution is -2.50. The zero-order valence-electron chi connectivity index (χ0n) is 10.5. The van der Waals surface area contributed by atoms with Crippen molar-refractivity contribution in [2.45, 2.75) is 51.7 Å². The van der Waals surface area contributed by atoms with Crippen molar-refractivity contribution in [2.75, 3.05) is 6.61 Å². The van der Waals surface area contributed by atoms with Crippen LogP contribution in [0.4, 0.5) is 0 Å². The fourth-order valence-electron chi connectivity index (χ4n) is 2.20. The van der Waals surface area contributed by atoms with E-state index in [4.69, 9.17) is 10.5 Å². The van der Waals surface area contributed by atoms with Crippen LogP contribution in [-0.2, 0) is 11.2 Å². The van der Waals surface area contributed by atoms with Gasteiger partial charge < -0.3 is 10.5 Å². The summed E-state index contributed by atoms with van der Waals surface area (Å²) in [4.78, 5) is 1.35. The minimum Gasteiger partial charge on any atom is -0.374 e. The molecular formula is C13H23NOS. The van der Waals surface area contributed by atoms with E-state index in [2.05, 4.69) is 31.4 Å². The minimum absolute atomic E-state index is 0.0844. The Kier molecular flexibility index (Phi) is 5.46. The van der Waals surface area contributed by atoms with Gasteiger partial charge in [-0.2, -0.15) is 0 Å². The van der Waals surface area contributed by atoms with E-state index >= 15 is 0 Å². The van der Waals surface area contributed by atoms with Gasteiger partial charge in [-0.3, -0.25) is 0 Å². The summed E-state index contributed by atoms with van der Waals surface area (Å²) in [7, 11) is 0. The Hall–Kier alpha value is -0.380. The highest BCUT2D eigenvalue weighted by Gasteiger charge is 2.34. The average Bonchev–Trinajstić information content (AvgIpc) is 2.78. The fraction of sp³-hybridized carbons (Fsp3) is 0.692. The van der Waals surface area contributed by atoms with E-state index in [1.807, 2.05) is 6.92 Å². The van der Waals surface area contributed by atoms with E-state index in [1.54, 1.807) is 11.3 Å². The summed E-state index contributed by atoms with van der Waals surface area (Å²) in [5.41, 5.74) is 6.18. The Morgan fingerprint density at radius 3 is 2.50 bits per heavy atom. The molecule has 0 aliphatic carbocycles. The molecule has 0 bridgehead atoms. The summed E-state index contributed by atoms with van der Waals surface area (Å²) in [5, 5.41) is 2.10. The first-order valence-electron chi connectivity index (χ1n) is 6.10. The Morgan fingerprint density at radius 1 is 1.38 bits per heavy atom. The first-order chi connectivity index (χ1) is 7.68. The van der Waals surface area contributed by atoms with E-state index in [9.17, 15) is 0 Å². The molecule has 3 heteroatoms. The molecule has 2 N–H and O–H groups in total. The van der Waals surface area contributed by atoms with Crippen LogP contribution in [0.3, 0.4) is 0 Å². The Bertz CT molecular complexity index is 280. The molecule has 0 amide bonds. The monoisotopic (exact) mass is 241 g/mol. The Labute approximate surface area is 103 Å². The molecule has 1 aromatic rings. The standard InChI is InChI=1S/C13H23NOS/c1-4-13(5-2,15-6-3)12(14)10-11-8-7-9-16-11/h7-9,12H,4-6,10,14H2,1-3H3. The molecule has 0 spiro atoms. The molecule has 0 aliphatic rings. The van der Waals surface area contributed by atoms with E-state index in [0.29, 0.717) is 0 Å². The molecule has 0 saturated carbocycles. The fourth-order valence-corrected chi connectivity index (χ4v) is 2.97. The van der Waals surface area contributed by atoms with Crippen LogP contribution in [-0.4, -0.2) is 18.2 Å². The minimum atomic E-state index is -0.154. The lowest BCUT2D eigenvalue weighted by molar-refractivity contribution is -0.0632. The zero-order valence-corrected chi connectivity index (χ0v) is 11.3. The highest BCUT2D eigenvalue weighted by Crippen LogP contribution is 2.27. The summed E-state index contributed by atoms with van der Waals surface area (Å²) in [6.07, 6.45) is 2.87. The van der Waals surface area contributed by atoms with Gasteiger partial charge in [-0.25, -0.2) is 0 Å². The third kappa shape index (κ3) is 3.06. The predicted molar refractivity (Wildman–Crippen MR) is 70.9 cm³/mol. The maximum atomic E-state index is 6.33. The molecule has 0 aromatic carbocycles. The Balaban J connectivity index is 2.70. The second kappa shape index (κ2) is 6.38. The van der Waals surface area contributed by atoms with Crippen molar-refractivity contribution in [3.05, 3.63) is 22.4 Å². The van der Waals surface area contributed by atoms with Gasteiger partial charge in [0.2, 0.25) is 0 Å². The van der Waals surface area contributed by atoms with Crippen molar-refractivity contribution in [2.24, 2.45) is 5.73 Å². The highest BCUT2D eigenvalue weighted by molar-refractivity contribution is 7.09. The van der Waals surface area contributed by atoms with Gasteiger partial charge in [0.05, 0.1) is 5.60 Å². The first kappa shape index (κ1) is 13.7. The molecule has 1 rings (SSSR count). The third-order valence-corrected chi connectivity index (χ3v) is 4.20. The van der Waals surface area contributed by atoms with Crippen molar-refractivity contribution < 1.29 is 4.74 Å². The average molecular weight is 241 g/mol. The van der Waals surface area contributed by atoms with Crippen LogP contribution in [0.15, 0.2) is 17.5 Å². The van der Waals surface area contributed by atoms with Gasteiger partial charge >= 0.3 is 0 Å². The summed E-state index contributed by atoms with van der Waals surface area (Å²) in [6.45, 7) is 7.10. The van der Waals surface area contributed by atoms with Crippen LogP contribution < -0.4 is 5.73 Å². The normalized spacial score (nSPS) is 14.0. The van der Waals surface area contributed by atoms with E-state index < -0.39 is 0 Å². The number of ether oxygens (including phenoxy) is 1. The van der Waals surface area contributed by atoms with Gasteiger partial charge in [0.25, 0.3) is 0 Å². The molecule has 92 valence electrons. The van der Waals surface area contributed by atoms with E-state index in [0.717, 1.165) is 25.9 Å². The maximum absolute atomic E-state index is 6.33. The number of rotatable bonds is 7. The molecule has 1 heterocycles. The van der Waals surface area contributed by atoms with Crippen LogP contribution in [0.25, 0.3) is 0 Å². The second-order valence-corrected chi connectivity index (χ2v) is 5.13. The Morgan fingerprint density at radius 2 is 2.06 bits per heavy atom. The number of thiophene rings is 1. The molecule has 2 nitrogen and oxygen atoms in total. The maximum Gasteiger partial charge on any atom is 0.0830 e. The van der Waals surface area contributed by atoms with E-state index in [-0.39, 0.29) is 11.6 Å². The van der Waals surface area contributed by atoms with Gasteiger partial charge in [0.1, 0.15) is 0 Å². The largest absolute Gasteiger partial charge is 0.374 e. The summed E-state index contributed by atoms with van der Waals surface area (Å²) in [5.74, 6) is 0. The molecule has 0 aliphatic heterocycles. The van der Waals surface area contributed by atoms with Crippen LogP contribution in [0, 0.1) is 0 Å². The van der Waals surface area contributed by atoms with Gasteiger partial charge in [-0.05, 0) is 37.6 Å². The van der Waals surface area contributed by atoms with Gasteiger partial charge in [0.15, 0.2) is 0 Å². The topological polar surface area (TPSA) is 35.2 Å². The SMILES string of the molecule is CCOC(CC)(CC)C(N)Cc1cccs1. The van der Waals surface area contributed by atoms with Crippen molar-refractivity contribution in [3.63, 3.8) is 0 Å². The predicted octanol–water partition coefficient (Wildman–Crippen LogP) is 3.21. The molecule has 16 heavy (non-hydrogen) atoms. The number of hydrogen-bond acceptors (Lipinski definition) is 3. The van der Waals surface area contributed by atoms with Gasteiger partial charge in [-0.15, -0.1) is 11.3 Å². The molecule has 1 aromatic heterocycles. The van der Waals surface area contributed by atoms with Crippen LogP contribution in [0.5, 0.6) is 0 Å². The van der Waals surface area contributed by atoms with Gasteiger partial charge in [-0.1, -0.05) is 19.9 Å². The molecular weight excluding hydrogens is 218 g/mol. The lowest BCUT2D eigenvalue weighted by atomic mass is 9.86. The van der Waals surface area contributed by atoms with Crippen LogP contribution >= 0.6 is 11.3 Å². The molecule has 1 unspecified atom stereocenters. The van der Waals surface area contributed by atoms with Crippen LogP contribution in [0.2, 0.25) is 0 Å². The molecule has 0 radical (unpaired) electrons. The van der Waals surface area contributed by atoms with Gasteiger partial charge in [0, 0.05) is 17.5 Å². The zero-order chi connectivity index (χ0) is 12.0. The summed E-state index contributed by atoms with van der Waals surface area (Å²) < 4.78 is 5.92. The second-order valence-electron chi connectivity index (χ2n) is 4.09. The molecule has 0 fully saturated rings. The smallest absolute Gasteiger partial charge is 0.0830 e. The number of hydrogen-bond donors (Lipinski definition) is 1. The number of nitrogens with two attached hydrogens (primary N) is 1. The van der Waals surface area contributed by atoms with Crippen LogP contribution in [0.1, 0.15) is 38.5 Å². The first-order valence-corrected chi connectivity index (χ1v) is 6.98. The van der Waals surface area contributed by atoms with Crippen molar-refractivity contribution in [1.29, 1.82) is 0 Å². The summed E-state index contributed by atoms with van der Waals surface area (Å²) in [6, 6.07) is 4.31. The lowest BCUT2D eigenvalue weighted by Gasteiger charge is -2.37. The third-order valence-electron chi connectivity index (χ3n) is 3.31. The summed E-state index contributed by atoms with van der Waals surface area (Å²) >= 11 is 1.77. The van der Waals surface area contributed by atoms with Crippen molar-refractivity contribution >= 4 is 11.3 Å². The molecule has 1 atom stereocenters.